The van der Waals surface area contributed by atoms with Crippen molar-refractivity contribution in [3.63, 3.8) is 0 Å². The third-order valence-electron chi connectivity index (χ3n) is 5.11. The molecule has 26 heavy (non-hydrogen) atoms. The van der Waals surface area contributed by atoms with E-state index in [1.807, 2.05) is 11.8 Å². The molecule has 0 aliphatic heterocycles. The molecule has 0 bridgehead atoms. The predicted octanol–water partition coefficient (Wildman–Crippen LogP) is 5.47. The molecule has 0 saturated heterocycles. The molecule has 0 aliphatic rings. The van der Waals surface area contributed by atoms with Crippen LogP contribution in [0.25, 0.3) is 0 Å². The number of halogens is 1. The molecule has 0 amide bonds. The SMILES string of the molecule is CCN(CCCCCO[Si](C)(C)C(C)C)c1cc(OC)cc(OC)c1F. The first-order valence-corrected chi connectivity index (χ1v) is 12.6. The van der Waals surface area contributed by atoms with Crippen LogP contribution < -0.4 is 14.4 Å². The molecule has 0 saturated carbocycles. The van der Waals surface area contributed by atoms with Gasteiger partial charge in [0.05, 0.1) is 19.9 Å². The van der Waals surface area contributed by atoms with Crippen LogP contribution in [0.4, 0.5) is 10.1 Å². The molecule has 150 valence electrons. The van der Waals surface area contributed by atoms with E-state index in [9.17, 15) is 4.39 Å². The van der Waals surface area contributed by atoms with E-state index in [0.29, 0.717) is 17.0 Å². The minimum atomic E-state index is -1.54. The van der Waals surface area contributed by atoms with Crippen molar-refractivity contribution in [2.75, 3.05) is 38.8 Å². The van der Waals surface area contributed by atoms with E-state index in [1.165, 1.54) is 7.11 Å². The standard InChI is InChI=1S/C20H36FNO3Si/c1-8-22(12-10-9-11-13-25-26(6,7)16(2)3)18-14-17(23-4)15-19(24-5)20(18)21/h14-16H,8-13H2,1-7H3. The first-order valence-electron chi connectivity index (χ1n) is 9.57. The Morgan fingerprint density at radius 3 is 2.31 bits per heavy atom. The van der Waals surface area contributed by atoms with Crippen LogP contribution in [-0.4, -0.2) is 42.2 Å². The number of unbranched alkanes of at least 4 members (excludes halogenated alkanes) is 2. The van der Waals surface area contributed by atoms with Gasteiger partial charge in [0.15, 0.2) is 19.9 Å². The molecule has 0 heterocycles. The fraction of sp³-hybridized carbons (Fsp3) is 0.700. The molecule has 0 aliphatic carbocycles. The molecule has 0 spiro atoms. The lowest BCUT2D eigenvalue weighted by molar-refractivity contribution is 0.290. The number of hydrogen-bond acceptors (Lipinski definition) is 4. The van der Waals surface area contributed by atoms with Crippen LogP contribution >= 0.6 is 0 Å². The first kappa shape index (κ1) is 22.8. The number of rotatable bonds is 12. The maximum atomic E-state index is 14.6. The summed E-state index contributed by atoms with van der Waals surface area (Å²) in [5.41, 5.74) is 1.16. The van der Waals surface area contributed by atoms with Gasteiger partial charge < -0.3 is 18.8 Å². The summed E-state index contributed by atoms with van der Waals surface area (Å²) in [6.45, 7) is 13.4. The van der Waals surface area contributed by atoms with Gasteiger partial charge in [-0.05, 0) is 44.8 Å². The third-order valence-corrected chi connectivity index (χ3v) is 8.84. The van der Waals surface area contributed by atoms with Gasteiger partial charge in [0.1, 0.15) is 5.75 Å². The van der Waals surface area contributed by atoms with E-state index in [2.05, 4.69) is 26.9 Å². The van der Waals surface area contributed by atoms with E-state index in [4.69, 9.17) is 13.9 Å². The number of anilines is 1. The Morgan fingerprint density at radius 1 is 1.08 bits per heavy atom. The topological polar surface area (TPSA) is 30.9 Å². The maximum absolute atomic E-state index is 14.6. The lowest BCUT2D eigenvalue weighted by Gasteiger charge is -2.27. The largest absolute Gasteiger partial charge is 0.497 e. The van der Waals surface area contributed by atoms with Crippen molar-refractivity contribution in [1.82, 2.24) is 0 Å². The van der Waals surface area contributed by atoms with Gasteiger partial charge in [-0.3, -0.25) is 0 Å². The number of ether oxygens (including phenoxy) is 2. The fourth-order valence-corrected chi connectivity index (χ4v) is 3.59. The van der Waals surface area contributed by atoms with Crippen molar-refractivity contribution >= 4 is 14.0 Å². The lowest BCUT2D eigenvalue weighted by Crippen LogP contribution is -2.34. The first-order chi connectivity index (χ1) is 12.3. The molecule has 0 unspecified atom stereocenters. The second-order valence-electron chi connectivity index (χ2n) is 7.41. The summed E-state index contributed by atoms with van der Waals surface area (Å²) in [6, 6.07) is 3.31. The van der Waals surface area contributed by atoms with Gasteiger partial charge in [0.2, 0.25) is 0 Å². The summed E-state index contributed by atoms with van der Waals surface area (Å²) >= 11 is 0. The Kier molecular flexibility index (Phi) is 9.43. The molecule has 0 atom stereocenters. The highest BCUT2D eigenvalue weighted by molar-refractivity contribution is 6.72. The van der Waals surface area contributed by atoms with Crippen LogP contribution in [0.1, 0.15) is 40.0 Å². The second kappa shape index (κ2) is 10.8. The molecular weight excluding hydrogens is 349 g/mol. The summed E-state index contributed by atoms with van der Waals surface area (Å²) in [5, 5.41) is 0. The molecule has 1 aromatic rings. The summed E-state index contributed by atoms with van der Waals surface area (Å²) in [7, 11) is 1.51. The van der Waals surface area contributed by atoms with E-state index in [0.717, 1.165) is 39.0 Å². The molecule has 1 aromatic carbocycles. The Labute approximate surface area is 159 Å². The van der Waals surface area contributed by atoms with Crippen molar-refractivity contribution in [2.45, 2.75) is 58.7 Å². The van der Waals surface area contributed by atoms with Crippen LogP contribution in [-0.2, 0) is 4.43 Å². The molecular formula is C20H36FNO3Si. The zero-order valence-electron chi connectivity index (χ0n) is 17.5. The van der Waals surface area contributed by atoms with Crippen LogP contribution in [0.2, 0.25) is 18.6 Å². The second-order valence-corrected chi connectivity index (χ2v) is 12.1. The minimum Gasteiger partial charge on any atom is -0.497 e. The average molecular weight is 386 g/mol. The van der Waals surface area contributed by atoms with Crippen molar-refractivity contribution in [1.29, 1.82) is 0 Å². The zero-order valence-corrected chi connectivity index (χ0v) is 18.5. The van der Waals surface area contributed by atoms with Gasteiger partial charge in [0, 0.05) is 31.8 Å². The highest BCUT2D eigenvalue weighted by Crippen LogP contribution is 2.33. The summed E-state index contributed by atoms with van der Waals surface area (Å²) < 4.78 is 31.2. The molecule has 1 rings (SSSR count). The molecule has 0 fully saturated rings. The number of hydrogen-bond donors (Lipinski definition) is 0. The van der Waals surface area contributed by atoms with Gasteiger partial charge in [-0.25, -0.2) is 4.39 Å². The van der Waals surface area contributed by atoms with Crippen LogP contribution in [0.15, 0.2) is 12.1 Å². The number of methoxy groups -OCH3 is 2. The highest BCUT2D eigenvalue weighted by atomic mass is 28.4. The van der Waals surface area contributed by atoms with Gasteiger partial charge in [-0.2, -0.15) is 0 Å². The van der Waals surface area contributed by atoms with Crippen molar-refractivity contribution < 1.29 is 18.3 Å². The van der Waals surface area contributed by atoms with Gasteiger partial charge in [-0.15, -0.1) is 0 Å². The maximum Gasteiger partial charge on any atom is 0.189 e. The smallest absolute Gasteiger partial charge is 0.189 e. The van der Waals surface area contributed by atoms with Gasteiger partial charge >= 0.3 is 0 Å². The molecule has 6 heteroatoms. The van der Waals surface area contributed by atoms with E-state index in [-0.39, 0.29) is 11.6 Å². The summed E-state index contributed by atoms with van der Waals surface area (Å²) in [6.07, 6.45) is 3.12. The van der Waals surface area contributed by atoms with Gasteiger partial charge in [-0.1, -0.05) is 13.8 Å². The predicted molar refractivity (Wildman–Crippen MR) is 110 cm³/mol. The van der Waals surface area contributed by atoms with E-state index in [1.54, 1.807) is 19.2 Å². The van der Waals surface area contributed by atoms with E-state index < -0.39 is 8.32 Å². The monoisotopic (exact) mass is 385 g/mol. The van der Waals surface area contributed by atoms with Crippen molar-refractivity contribution in [3.05, 3.63) is 17.9 Å². The van der Waals surface area contributed by atoms with Gasteiger partial charge in [0.25, 0.3) is 0 Å². The van der Waals surface area contributed by atoms with E-state index >= 15 is 0 Å². The molecule has 4 nitrogen and oxygen atoms in total. The molecule has 0 radical (unpaired) electrons. The fourth-order valence-electron chi connectivity index (χ4n) is 2.59. The quantitative estimate of drug-likeness (QED) is 0.352. The minimum absolute atomic E-state index is 0.215. The third kappa shape index (κ3) is 6.47. The van der Waals surface area contributed by atoms with Crippen LogP contribution in [0.3, 0.4) is 0 Å². The Balaban J connectivity index is 2.56. The number of benzene rings is 1. The Bertz CT molecular complexity index is 552. The van der Waals surface area contributed by atoms with Crippen LogP contribution in [0, 0.1) is 5.82 Å². The normalized spacial score (nSPS) is 11.7. The summed E-state index contributed by atoms with van der Waals surface area (Å²) in [5.74, 6) is 0.487. The molecule has 0 aromatic heterocycles. The lowest BCUT2D eigenvalue weighted by atomic mass is 10.2. The Morgan fingerprint density at radius 2 is 1.77 bits per heavy atom. The zero-order chi connectivity index (χ0) is 19.7. The Hall–Kier alpha value is -1.27. The van der Waals surface area contributed by atoms with Crippen molar-refractivity contribution in [2.24, 2.45) is 0 Å². The van der Waals surface area contributed by atoms with Crippen LogP contribution in [0.5, 0.6) is 11.5 Å². The summed E-state index contributed by atoms with van der Waals surface area (Å²) in [4.78, 5) is 2.04. The van der Waals surface area contributed by atoms with Crippen molar-refractivity contribution in [3.8, 4) is 11.5 Å². The average Bonchev–Trinajstić information content (AvgIpc) is 2.61. The highest BCUT2D eigenvalue weighted by Gasteiger charge is 2.26. The number of nitrogens with zero attached hydrogens (tertiary/aromatic N) is 1. The molecule has 0 N–H and O–H groups in total.